The summed E-state index contributed by atoms with van der Waals surface area (Å²) in [6.45, 7) is 0.522. The minimum absolute atomic E-state index is 0.488. The number of rotatable bonds is 5. The summed E-state index contributed by atoms with van der Waals surface area (Å²) in [6, 6.07) is 3.29. The van der Waals surface area contributed by atoms with Crippen molar-refractivity contribution in [3.63, 3.8) is 0 Å². The lowest BCUT2D eigenvalue weighted by molar-refractivity contribution is -0.141. The van der Waals surface area contributed by atoms with Crippen molar-refractivity contribution in [2.45, 2.75) is 19.1 Å². The largest absolute Gasteiger partial charge is 0.483 e. The van der Waals surface area contributed by atoms with Gasteiger partial charge in [0, 0.05) is 0 Å². The first-order chi connectivity index (χ1) is 9.21. The maximum absolute atomic E-state index is 12.6. The van der Waals surface area contributed by atoms with Gasteiger partial charge in [0.15, 0.2) is 6.61 Å². The lowest BCUT2D eigenvalue weighted by atomic mass is 10.2. The third kappa shape index (κ3) is 4.45. The topological polar surface area (TPSA) is 75.6 Å². The van der Waals surface area contributed by atoms with Crippen LogP contribution in [-0.2, 0) is 15.8 Å². The van der Waals surface area contributed by atoms with Crippen LogP contribution in [0.5, 0.6) is 5.75 Å². The van der Waals surface area contributed by atoms with Crippen molar-refractivity contribution >= 4 is 11.9 Å². The van der Waals surface area contributed by atoms with E-state index >= 15 is 0 Å². The molecule has 8 heteroatoms. The van der Waals surface area contributed by atoms with Gasteiger partial charge in [0.05, 0.1) is 5.56 Å². The lowest BCUT2D eigenvalue weighted by Crippen LogP contribution is -2.40. The highest BCUT2D eigenvalue weighted by molar-refractivity contribution is 5.84. The molecule has 5 nitrogen and oxygen atoms in total. The highest BCUT2D eigenvalue weighted by Gasteiger charge is 2.34. The van der Waals surface area contributed by atoms with Gasteiger partial charge in [-0.05, 0) is 19.1 Å². The number of halogens is 3. The Kier molecular flexibility index (Phi) is 4.95. The summed E-state index contributed by atoms with van der Waals surface area (Å²) in [5, 5.41) is 10.6. The molecular formula is C12H12F3NO4. The molecule has 1 aromatic rings. The number of ether oxygens (including phenoxy) is 1. The fourth-order valence-corrected chi connectivity index (χ4v) is 1.31. The van der Waals surface area contributed by atoms with Crippen molar-refractivity contribution in [1.82, 2.24) is 5.32 Å². The number of benzene rings is 1. The van der Waals surface area contributed by atoms with Crippen molar-refractivity contribution in [1.29, 1.82) is 0 Å². The summed E-state index contributed by atoms with van der Waals surface area (Å²) in [5.74, 6) is -2.57. The highest BCUT2D eigenvalue weighted by Crippen LogP contribution is 2.35. The molecule has 2 N–H and O–H groups in total. The van der Waals surface area contributed by atoms with Crippen LogP contribution in [-0.4, -0.2) is 29.6 Å². The van der Waals surface area contributed by atoms with Gasteiger partial charge < -0.3 is 15.2 Å². The molecule has 0 fully saturated rings. The Morgan fingerprint density at radius 2 is 1.95 bits per heavy atom. The molecule has 110 valence electrons. The SMILES string of the molecule is C[C@H](NC(=O)COc1ccccc1C(F)(F)F)C(=O)O. The van der Waals surface area contributed by atoms with Crippen molar-refractivity contribution < 1.29 is 32.6 Å². The molecule has 1 atom stereocenters. The van der Waals surface area contributed by atoms with E-state index < -0.39 is 42.0 Å². The fraction of sp³-hybridized carbons (Fsp3) is 0.333. The van der Waals surface area contributed by atoms with E-state index in [0.29, 0.717) is 0 Å². The molecule has 1 aromatic carbocycles. The van der Waals surface area contributed by atoms with Crippen LogP contribution in [0.4, 0.5) is 13.2 Å². The third-order valence-corrected chi connectivity index (χ3v) is 2.30. The predicted octanol–water partition coefficient (Wildman–Crippen LogP) is 1.67. The standard InChI is InChI=1S/C12H12F3NO4/c1-7(11(18)19)16-10(17)6-20-9-5-3-2-4-8(9)12(13,14)15/h2-5,7H,6H2,1H3,(H,16,17)(H,18,19)/t7-/m0/s1. The van der Waals surface area contributed by atoms with Crippen LogP contribution in [0.15, 0.2) is 24.3 Å². The van der Waals surface area contributed by atoms with E-state index in [1.807, 2.05) is 0 Å². The van der Waals surface area contributed by atoms with Gasteiger partial charge in [-0.25, -0.2) is 0 Å². The van der Waals surface area contributed by atoms with Crippen LogP contribution in [0, 0.1) is 0 Å². The molecule has 0 bridgehead atoms. The second-order valence-corrected chi connectivity index (χ2v) is 3.91. The minimum Gasteiger partial charge on any atom is -0.483 e. The number of carboxylic acids is 1. The Labute approximate surface area is 112 Å². The quantitative estimate of drug-likeness (QED) is 0.865. The maximum atomic E-state index is 12.6. The van der Waals surface area contributed by atoms with E-state index in [1.54, 1.807) is 0 Å². The van der Waals surface area contributed by atoms with Crippen molar-refractivity contribution in [3.8, 4) is 5.75 Å². The molecule has 0 radical (unpaired) electrons. The zero-order valence-electron chi connectivity index (χ0n) is 10.4. The van der Waals surface area contributed by atoms with E-state index in [1.165, 1.54) is 19.1 Å². The Bertz CT molecular complexity index is 502. The summed E-state index contributed by atoms with van der Waals surface area (Å²) in [5.41, 5.74) is -1.00. The Hall–Kier alpha value is -2.25. The van der Waals surface area contributed by atoms with E-state index in [0.717, 1.165) is 12.1 Å². The molecule has 0 aromatic heterocycles. The molecule has 0 aliphatic carbocycles. The molecule has 1 amide bonds. The first-order valence-corrected chi connectivity index (χ1v) is 5.53. The molecule has 0 unspecified atom stereocenters. The highest BCUT2D eigenvalue weighted by atomic mass is 19.4. The van der Waals surface area contributed by atoms with Gasteiger partial charge in [-0.1, -0.05) is 12.1 Å². The third-order valence-electron chi connectivity index (χ3n) is 2.30. The smallest absolute Gasteiger partial charge is 0.419 e. The van der Waals surface area contributed by atoms with Crippen LogP contribution >= 0.6 is 0 Å². The molecule has 0 heterocycles. The van der Waals surface area contributed by atoms with Crippen LogP contribution < -0.4 is 10.1 Å². The molecule has 1 rings (SSSR count). The molecule has 0 aliphatic rings. The van der Waals surface area contributed by atoms with Gasteiger partial charge >= 0.3 is 12.1 Å². The summed E-state index contributed by atoms with van der Waals surface area (Å²) < 4.78 is 42.7. The molecule has 0 aliphatic heterocycles. The summed E-state index contributed by atoms with van der Waals surface area (Å²) in [7, 11) is 0. The van der Waals surface area contributed by atoms with E-state index in [2.05, 4.69) is 5.32 Å². The number of nitrogens with one attached hydrogen (secondary N) is 1. The summed E-state index contributed by atoms with van der Waals surface area (Å²) in [4.78, 5) is 21.8. The average molecular weight is 291 g/mol. The number of aliphatic carboxylic acids is 1. The minimum atomic E-state index is -4.60. The number of alkyl halides is 3. The molecule has 20 heavy (non-hydrogen) atoms. The molecular weight excluding hydrogens is 279 g/mol. The Morgan fingerprint density at radius 1 is 1.35 bits per heavy atom. The van der Waals surface area contributed by atoms with Crippen LogP contribution in [0.2, 0.25) is 0 Å². The monoisotopic (exact) mass is 291 g/mol. The Balaban J connectivity index is 2.67. The molecule has 0 spiro atoms. The first kappa shape index (κ1) is 15.8. The maximum Gasteiger partial charge on any atom is 0.419 e. The molecule has 0 saturated carbocycles. The van der Waals surface area contributed by atoms with E-state index in [9.17, 15) is 22.8 Å². The van der Waals surface area contributed by atoms with Gasteiger partial charge in [-0.15, -0.1) is 0 Å². The number of hydrogen-bond acceptors (Lipinski definition) is 3. The second kappa shape index (κ2) is 6.27. The fourth-order valence-electron chi connectivity index (χ4n) is 1.31. The van der Waals surface area contributed by atoms with Gasteiger partial charge in [-0.2, -0.15) is 13.2 Å². The first-order valence-electron chi connectivity index (χ1n) is 5.53. The number of para-hydroxylation sites is 1. The Morgan fingerprint density at radius 3 is 2.50 bits per heavy atom. The number of carboxylic acid groups (broad SMARTS) is 1. The van der Waals surface area contributed by atoms with E-state index in [-0.39, 0.29) is 0 Å². The molecule has 0 saturated heterocycles. The van der Waals surface area contributed by atoms with Crippen molar-refractivity contribution in [2.75, 3.05) is 6.61 Å². The van der Waals surface area contributed by atoms with Crippen LogP contribution in [0.25, 0.3) is 0 Å². The zero-order chi connectivity index (χ0) is 15.3. The van der Waals surface area contributed by atoms with E-state index in [4.69, 9.17) is 9.84 Å². The lowest BCUT2D eigenvalue weighted by Gasteiger charge is -2.14. The second-order valence-electron chi connectivity index (χ2n) is 3.91. The number of carbonyl (C=O) groups excluding carboxylic acids is 1. The zero-order valence-corrected chi connectivity index (χ0v) is 10.4. The normalized spacial score (nSPS) is 12.6. The van der Waals surface area contributed by atoms with Crippen LogP contribution in [0.1, 0.15) is 12.5 Å². The number of carbonyl (C=O) groups is 2. The summed E-state index contributed by atoms with van der Waals surface area (Å²) >= 11 is 0. The van der Waals surface area contributed by atoms with Crippen molar-refractivity contribution in [3.05, 3.63) is 29.8 Å². The van der Waals surface area contributed by atoms with Gasteiger partial charge in [0.2, 0.25) is 0 Å². The summed E-state index contributed by atoms with van der Waals surface area (Å²) in [6.07, 6.45) is -4.60. The average Bonchev–Trinajstić information content (AvgIpc) is 2.35. The van der Waals surface area contributed by atoms with Gasteiger partial charge in [0.25, 0.3) is 5.91 Å². The predicted molar refractivity (Wildman–Crippen MR) is 62.2 cm³/mol. The van der Waals surface area contributed by atoms with Gasteiger partial charge in [0.1, 0.15) is 11.8 Å². The van der Waals surface area contributed by atoms with Crippen molar-refractivity contribution in [2.24, 2.45) is 0 Å². The number of hydrogen-bond donors (Lipinski definition) is 2. The van der Waals surface area contributed by atoms with Gasteiger partial charge in [-0.3, -0.25) is 9.59 Å². The number of amides is 1. The van der Waals surface area contributed by atoms with Crippen LogP contribution in [0.3, 0.4) is 0 Å².